The molecule has 1 fully saturated rings. The van der Waals surface area contributed by atoms with Crippen molar-refractivity contribution in [2.75, 3.05) is 26.2 Å². The Balaban J connectivity index is 0.00000289. The Kier molecular flexibility index (Phi) is 10.7. The van der Waals surface area contributed by atoms with Gasteiger partial charge in [0.15, 0.2) is 0 Å². The molecule has 0 N–H and O–H groups in total. The predicted molar refractivity (Wildman–Crippen MR) is 77.2 cm³/mol. The van der Waals surface area contributed by atoms with Crippen LogP contribution in [0.5, 0.6) is 0 Å². The van der Waals surface area contributed by atoms with E-state index < -0.39 is 0 Å². The number of hydrogen-bond acceptors (Lipinski definition) is 0. The largest absolute Gasteiger partial charge is 1.00 e. The Morgan fingerprint density at radius 2 is 1.22 bits per heavy atom. The fraction of sp³-hybridized carbons (Fsp3) is 1.00. The zero-order chi connectivity index (χ0) is 12.4. The summed E-state index contributed by atoms with van der Waals surface area (Å²) < 4.78 is 1.44. The zero-order valence-electron chi connectivity index (χ0n) is 12.7. The molecule has 1 saturated heterocycles. The summed E-state index contributed by atoms with van der Waals surface area (Å²) >= 11 is 0. The molecule has 1 heterocycles. The van der Waals surface area contributed by atoms with Crippen LogP contribution in [0.1, 0.15) is 78.1 Å². The van der Waals surface area contributed by atoms with E-state index in [0.29, 0.717) is 0 Å². The molecular weight excluding hydrogens is 225 g/mol. The van der Waals surface area contributed by atoms with Crippen LogP contribution in [0.4, 0.5) is 0 Å². The molecule has 0 aromatic heterocycles. The SMILES string of the molecule is CCCCCCCCCC[N+]1(CC)CCCC1.[F-]. The second kappa shape index (κ2) is 10.8. The number of likely N-dealkylation sites (tertiary alicyclic amines) is 1. The molecule has 1 aliphatic rings. The van der Waals surface area contributed by atoms with Gasteiger partial charge in [0, 0.05) is 12.8 Å². The summed E-state index contributed by atoms with van der Waals surface area (Å²) in [5.74, 6) is 0. The van der Waals surface area contributed by atoms with Gasteiger partial charge in [0.2, 0.25) is 0 Å². The zero-order valence-corrected chi connectivity index (χ0v) is 12.7. The van der Waals surface area contributed by atoms with Gasteiger partial charge in [-0.3, -0.25) is 0 Å². The van der Waals surface area contributed by atoms with Gasteiger partial charge in [-0.25, -0.2) is 0 Å². The first-order valence-electron chi connectivity index (χ1n) is 8.18. The van der Waals surface area contributed by atoms with Gasteiger partial charge in [-0.05, 0) is 19.8 Å². The third-order valence-electron chi connectivity index (χ3n) is 4.67. The smallest absolute Gasteiger partial charge is 0.0788 e. The molecule has 0 aromatic rings. The minimum atomic E-state index is 0. The van der Waals surface area contributed by atoms with E-state index in [4.69, 9.17) is 0 Å². The summed E-state index contributed by atoms with van der Waals surface area (Å²) in [6.45, 7) is 10.4. The monoisotopic (exact) mass is 259 g/mol. The predicted octanol–water partition coefficient (Wildman–Crippen LogP) is 1.76. The summed E-state index contributed by atoms with van der Waals surface area (Å²) in [7, 11) is 0. The van der Waals surface area contributed by atoms with Crippen LogP contribution in [0.25, 0.3) is 0 Å². The van der Waals surface area contributed by atoms with Crippen LogP contribution < -0.4 is 4.70 Å². The number of rotatable bonds is 10. The Hall–Kier alpha value is -0.110. The molecule has 2 heteroatoms. The summed E-state index contributed by atoms with van der Waals surface area (Å²) in [4.78, 5) is 0. The lowest BCUT2D eigenvalue weighted by molar-refractivity contribution is -0.915. The van der Waals surface area contributed by atoms with E-state index >= 15 is 0 Å². The quantitative estimate of drug-likeness (QED) is 0.414. The average Bonchev–Trinajstić information content (AvgIpc) is 2.82. The van der Waals surface area contributed by atoms with Crippen LogP contribution in [-0.2, 0) is 0 Å². The number of nitrogens with zero attached hydrogens (tertiary/aromatic N) is 1. The van der Waals surface area contributed by atoms with E-state index in [1.54, 1.807) is 0 Å². The Morgan fingerprint density at radius 1 is 0.722 bits per heavy atom. The van der Waals surface area contributed by atoms with Crippen LogP contribution in [0.3, 0.4) is 0 Å². The molecular formula is C16H34FN. The normalized spacial score (nSPS) is 17.7. The molecule has 1 rings (SSSR count). The van der Waals surface area contributed by atoms with Gasteiger partial charge in [0.25, 0.3) is 0 Å². The maximum Gasteiger partial charge on any atom is 0.0788 e. The van der Waals surface area contributed by atoms with Crippen molar-refractivity contribution in [3.63, 3.8) is 0 Å². The van der Waals surface area contributed by atoms with Crippen molar-refractivity contribution in [2.24, 2.45) is 0 Å². The van der Waals surface area contributed by atoms with E-state index in [-0.39, 0.29) is 4.70 Å². The van der Waals surface area contributed by atoms with Crippen LogP contribution in [0.2, 0.25) is 0 Å². The molecule has 0 unspecified atom stereocenters. The third-order valence-corrected chi connectivity index (χ3v) is 4.67. The van der Waals surface area contributed by atoms with Gasteiger partial charge in [-0.2, -0.15) is 0 Å². The molecule has 1 aliphatic heterocycles. The lowest BCUT2D eigenvalue weighted by Crippen LogP contribution is -3.00. The summed E-state index contributed by atoms with van der Waals surface area (Å²) in [6.07, 6.45) is 14.6. The first-order valence-corrected chi connectivity index (χ1v) is 8.18. The van der Waals surface area contributed by atoms with Crippen molar-refractivity contribution in [3.05, 3.63) is 0 Å². The fourth-order valence-electron chi connectivity index (χ4n) is 3.29. The van der Waals surface area contributed by atoms with Crippen molar-refractivity contribution in [3.8, 4) is 0 Å². The summed E-state index contributed by atoms with van der Waals surface area (Å²) in [6, 6.07) is 0. The highest BCUT2D eigenvalue weighted by molar-refractivity contribution is 4.55. The summed E-state index contributed by atoms with van der Waals surface area (Å²) in [5, 5.41) is 0. The van der Waals surface area contributed by atoms with Crippen LogP contribution in [-0.4, -0.2) is 30.7 Å². The van der Waals surface area contributed by atoms with E-state index in [2.05, 4.69) is 13.8 Å². The van der Waals surface area contributed by atoms with Gasteiger partial charge in [-0.1, -0.05) is 45.4 Å². The Labute approximate surface area is 114 Å². The van der Waals surface area contributed by atoms with Crippen molar-refractivity contribution in [1.82, 2.24) is 0 Å². The molecule has 0 saturated carbocycles. The van der Waals surface area contributed by atoms with Crippen LogP contribution in [0, 0.1) is 0 Å². The molecule has 18 heavy (non-hydrogen) atoms. The van der Waals surface area contributed by atoms with Crippen molar-refractivity contribution >= 4 is 0 Å². The highest BCUT2D eigenvalue weighted by Gasteiger charge is 2.28. The minimum absolute atomic E-state index is 0. The average molecular weight is 259 g/mol. The first kappa shape index (κ1) is 17.9. The molecule has 1 nitrogen and oxygen atoms in total. The van der Waals surface area contributed by atoms with Gasteiger partial charge >= 0.3 is 0 Å². The van der Waals surface area contributed by atoms with E-state index in [1.807, 2.05) is 0 Å². The number of unbranched alkanes of at least 4 members (excludes halogenated alkanes) is 7. The molecule has 0 aromatic carbocycles. The van der Waals surface area contributed by atoms with Gasteiger partial charge in [0.1, 0.15) is 0 Å². The molecule has 0 bridgehead atoms. The van der Waals surface area contributed by atoms with Gasteiger partial charge in [-0.15, -0.1) is 0 Å². The van der Waals surface area contributed by atoms with Crippen molar-refractivity contribution < 1.29 is 9.19 Å². The van der Waals surface area contributed by atoms with Gasteiger partial charge in [0.05, 0.1) is 26.2 Å². The van der Waals surface area contributed by atoms with Crippen LogP contribution in [0.15, 0.2) is 0 Å². The van der Waals surface area contributed by atoms with Gasteiger partial charge < -0.3 is 9.19 Å². The summed E-state index contributed by atoms with van der Waals surface area (Å²) in [5.41, 5.74) is 0. The second-order valence-electron chi connectivity index (χ2n) is 6.01. The first-order chi connectivity index (χ1) is 8.33. The highest BCUT2D eigenvalue weighted by Crippen LogP contribution is 2.20. The van der Waals surface area contributed by atoms with E-state index in [0.717, 1.165) is 0 Å². The molecule has 0 spiro atoms. The number of halogens is 1. The van der Waals surface area contributed by atoms with Crippen LogP contribution >= 0.6 is 0 Å². The lowest BCUT2D eigenvalue weighted by Gasteiger charge is -2.33. The molecule has 0 radical (unpaired) electrons. The third kappa shape index (κ3) is 6.72. The highest BCUT2D eigenvalue weighted by atomic mass is 19.0. The maximum absolute atomic E-state index is 2.38. The maximum atomic E-state index is 2.38. The van der Waals surface area contributed by atoms with Crippen molar-refractivity contribution in [1.29, 1.82) is 0 Å². The number of hydrogen-bond donors (Lipinski definition) is 0. The van der Waals surface area contributed by atoms with E-state index in [9.17, 15) is 0 Å². The lowest BCUT2D eigenvalue weighted by atomic mass is 10.1. The molecule has 110 valence electrons. The second-order valence-corrected chi connectivity index (χ2v) is 6.01. The Morgan fingerprint density at radius 3 is 1.72 bits per heavy atom. The fourth-order valence-corrected chi connectivity index (χ4v) is 3.29. The Bertz CT molecular complexity index is 176. The topological polar surface area (TPSA) is 0 Å². The van der Waals surface area contributed by atoms with Crippen molar-refractivity contribution in [2.45, 2.75) is 78.1 Å². The van der Waals surface area contributed by atoms with E-state index in [1.165, 1.54) is 94.9 Å². The molecule has 0 amide bonds. The minimum Gasteiger partial charge on any atom is -1.00 e. The number of quaternary nitrogens is 1. The molecule has 0 atom stereocenters. The standard InChI is InChI=1S/C16H34N.FH/c1-3-5-6-7-8-9-10-11-14-17(4-2)15-12-13-16-17;/h3-16H2,1-2H3;1H/q+1;/p-1. The molecule has 0 aliphatic carbocycles.